The van der Waals surface area contributed by atoms with Crippen molar-refractivity contribution < 1.29 is 5.11 Å². The molecule has 0 aliphatic rings. The SMILES string of the molecule is Cl.Cl.N[C@H](CCO)c1cncs1. The van der Waals surface area contributed by atoms with Crippen LogP contribution in [-0.2, 0) is 0 Å². The Kier molecular flexibility index (Phi) is 9.47. The molecule has 1 aromatic rings. The van der Waals surface area contributed by atoms with Crippen LogP contribution in [-0.4, -0.2) is 16.7 Å². The molecule has 6 heteroatoms. The van der Waals surface area contributed by atoms with Crippen LogP contribution in [0.1, 0.15) is 17.3 Å². The van der Waals surface area contributed by atoms with Gasteiger partial charge >= 0.3 is 0 Å². The zero-order chi connectivity index (χ0) is 7.40. The fourth-order valence-corrected chi connectivity index (χ4v) is 1.35. The van der Waals surface area contributed by atoms with Crippen LogP contribution in [0.15, 0.2) is 11.7 Å². The molecule has 1 atom stereocenters. The second-order valence-corrected chi connectivity index (χ2v) is 2.94. The van der Waals surface area contributed by atoms with Gasteiger partial charge in [-0.05, 0) is 6.42 Å². The Bertz CT molecular complexity index is 184. The first-order valence-corrected chi connectivity index (χ1v) is 3.97. The van der Waals surface area contributed by atoms with Crippen molar-refractivity contribution >= 4 is 36.2 Å². The van der Waals surface area contributed by atoms with E-state index in [1.54, 1.807) is 11.7 Å². The molecule has 0 aliphatic heterocycles. The number of aliphatic hydroxyl groups excluding tert-OH is 1. The van der Waals surface area contributed by atoms with Gasteiger partial charge < -0.3 is 10.8 Å². The lowest BCUT2D eigenvalue weighted by molar-refractivity contribution is 0.277. The summed E-state index contributed by atoms with van der Waals surface area (Å²) in [5, 5.41) is 8.54. The van der Waals surface area contributed by atoms with E-state index in [1.165, 1.54) is 11.3 Å². The van der Waals surface area contributed by atoms with Gasteiger partial charge in [0.15, 0.2) is 0 Å². The van der Waals surface area contributed by atoms with E-state index in [-0.39, 0.29) is 37.5 Å². The Morgan fingerprint density at radius 3 is 2.67 bits per heavy atom. The summed E-state index contributed by atoms with van der Waals surface area (Å²) < 4.78 is 0. The minimum absolute atomic E-state index is 0. The second kappa shape index (κ2) is 7.76. The van der Waals surface area contributed by atoms with Crippen molar-refractivity contribution in [1.82, 2.24) is 4.98 Å². The molecule has 1 rings (SSSR count). The normalized spacial score (nSPS) is 11.2. The van der Waals surface area contributed by atoms with Crippen molar-refractivity contribution in [3.63, 3.8) is 0 Å². The molecule has 0 saturated heterocycles. The maximum atomic E-state index is 8.54. The molecule has 12 heavy (non-hydrogen) atoms. The van der Waals surface area contributed by atoms with E-state index < -0.39 is 0 Å². The fraction of sp³-hybridized carbons (Fsp3) is 0.500. The number of rotatable bonds is 3. The predicted octanol–water partition coefficient (Wildman–Crippen LogP) is 1.37. The molecular formula is C6H12Cl2N2OS. The van der Waals surface area contributed by atoms with Crippen molar-refractivity contribution in [2.45, 2.75) is 12.5 Å². The zero-order valence-electron chi connectivity index (χ0n) is 6.34. The van der Waals surface area contributed by atoms with Crippen LogP contribution in [0.4, 0.5) is 0 Å². The lowest BCUT2D eigenvalue weighted by Crippen LogP contribution is -2.09. The fourth-order valence-electron chi connectivity index (χ4n) is 0.690. The van der Waals surface area contributed by atoms with Crippen LogP contribution in [0.5, 0.6) is 0 Å². The Morgan fingerprint density at radius 2 is 2.25 bits per heavy atom. The van der Waals surface area contributed by atoms with Gasteiger partial charge in [-0.25, -0.2) is 0 Å². The number of halogens is 2. The minimum Gasteiger partial charge on any atom is -0.396 e. The van der Waals surface area contributed by atoms with E-state index in [4.69, 9.17) is 10.8 Å². The van der Waals surface area contributed by atoms with Gasteiger partial charge in [-0.1, -0.05) is 0 Å². The second-order valence-electron chi connectivity index (χ2n) is 2.02. The van der Waals surface area contributed by atoms with Gasteiger partial charge in [-0.15, -0.1) is 36.2 Å². The maximum Gasteiger partial charge on any atom is 0.0794 e. The number of aliphatic hydroxyl groups is 1. The summed E-state index contributed by atoms with van der Waals surface area (Å²) in [6.45, 7) is 0.138. The first-order chi connectivity index (χ1) is 4.84. The van der Waals surface area contributed by atoms with Crippen LogP contribution in [0.25, 0.3) is 0 Å². The Balaban J connectivity index is 0. The summed E-state index contributed by atoms with van der Waals surface area (Å²) in [5.41, 5.74) is 7.40. The molecule has 0 saturated carbocycles. The highest BCUT2D eigenvalue weighted by Gasteiger charge is 2.05. The minimum atomic E-state index is -0.0440. The highest BCUT2D eigenvalue weighted by atomic mass is 35.5. The van der Waals surface area contributed by atoms with Crippen LogP contribution in [0.3, 0.4) is 0 Å². The van der Waals surface area contributed by atoms with E-state index >= 15 is 0 Å². The van der Waals surface area contributed by atoms with Gasteiger partial charge in [0.25, 0.3) is 0 Å². The summed E-state index contributed by atoms with van der Waals surface area (Å²) in [7, 11) is 0. The molecule has 0 fully saturated rings. The molecule has 0 aromatic carbocycles. The molecule has 0 radical (unpaired) electrons. The molecular weight excluding hydrogens is 219 g/mol. The predicted molar refractivity (Wildman–Crippen MR) is 55.2 cm³/mol. The molecule has 3 nitrogen and oxygen atoms in total. The monoisotopic (exact) mass is 230 g/mol. The third-order valence-electron chi connectivity index (χ3n) is 1.26. The molecule has 0 aliphatic carbocycles. The summed E-state index contributed by atoms with van der Waals surface area (Å²) in [6.07, 6.45) is 2.35. The molecule has 0 bridgehead atoms. The smallest absolute Gasteiger partial charge is 0.0794 e. The van der Waals surface area contributed by atoms with E-state index in [0.29, 0.717) is 6.42 Å². The average Bonchev–Trinajstić information content (AvgIpc) is 2.38. The summed E-state index contributed by atoms with van der Waals surface area (Å²) in [5.74, 6) is 0. The van der Waals surface area contributed by atoms with E-state index in [9.17, 15) is 0 Å². The number of nitrogens with two attached hydrogens (primary N) is 1. The van der Waals surface area contributed by atoms with Crippen molar-refractivity contribution in [1.29, 1.82) is 0 Å². The van der Waals surface area contributed by atoms with E-state index in [1.807, 2.05) is 0 Å². The summed E-state index contributed by atoms with van der Waals surface area (Å²) >= 11 is 1.52. The number of hydrogen-bond acceptors (Lipinski definition) is 4. The van der Waals surface area contributed by atoms with E-state index in [0.717, 1.165) is 4.88 Å². The maximum absolute atomic E-state index is 8.54. The summed E-state index contributed by atoms with van der Waals surface area (Å²) in [6, 6.07) is -0.0440. The molecule has 1 heterocycles. The Labute approximate surface area is 87.8 Å². The molecule has 0 unspecified atom stereocenters. The zero-order valence-corrected chi connectivity index (χ0v) is 8.79. The van der Waals surface area contributed by atoms with Crippen molar-refractivity contribution in [3.05, 3.63) is 16.6 Å². The number of aromatic nitrogens is 1. The van der Waals surface area contributed by atoms with Crippen molar-refractivity contribution in [3.8, 4) is 0 Å². The first-order valence-electron chi connectivity index (χ1n) is 3.09. The highest BCUT2D eigenvalue weighted by Crippen LogP contribution is 2.16. The van der Waals surface area contributed by atoms with Crippen LogP contribution in [0, 0.1) is 0 Å². The standard InChI is InChI=1S/C6H10N2OS.2ClH/c7-5(1-2-9)6-3-8-4-10-6;;/h3-5,9H,1-2,7H2;2*1H/t5-;;/m1../s1. The van der Waals surface area contributed by atoms with Gasteiger partial charge in [0.2, 0.25) is 0 Å². The Hall–Kier alpha value is 0.130. The first kappa shape index (κ1) is 14.6. The molecule has 0 amide bonds. The van der Waals surface area contributed by atoms with Crippen molar-refractivity contribution in [2.24, 2.45) is 5.73 Å². The van der Waals surface area contributed by atoms with Crippen molar-refractivity contribution in [2.75, 3.05) is 6.61 Å². The average molecular weight is 231 g/mol. The van der Waals surface area contributed by atoms with Crippen LogP contribution in [0.2, 0.25) is 0 Å². The van der Waals surface area contributed by atoms with E-state index in [2.05, 4.69) is 4.98 Å². The third kappa shape index (κ3) is 4.23. The lowest BCUT2D eigenvalue weighted by atomic mass is 10.2. The van der Waals surface area contributed by atoms with Gasteiger partial charge in [-0.3, -0.25) is 4.98 Å². The topological polar surface area (TPSA) is 59.1 Å². The Morgan fingerprint density at radius 1 is 1.58 bits per heavy atom. The molecule has 1 aromatic heterocycles. The molecule has 0 spiro atoms. The van der Waals surface area contributed by atoms with Gasteiger partial charge in [0.05, 0.1) is 5.51 Å². The number of nitrogens with zero attached hydrogens (tertiary/aromatic N) is 1. The largest absolute Gasteiger partial charge is 0.396 e. The van der Waals surface area contributed by atoms with Gasteiger partial charge in [0, 0.05) is 23.7 Å². The lowest BCUT2D eigenvalue weighted by Gasteiger charge is -2.04. The highest BCUT2D eigenvalue weighted by molar-refractivity contribution is 7.09. The van der Waals surface area contributed by atoms with Gasteiger partial charge in [0.1, 0.15) is 0 Å². The van der Waals surface area contributed by atoms with Gasteiger partial charge in [-0.2, -0.15) is 0 Å². The van der Waals surface area contributed by atoms with Crippen LogP contribution < -0.4 is 5.73 Å². The third-order valence-corrected chi connectivity index (χ3v) is 2.16. The summed E-state index contributed by atoms with van der Waals surface area (Å²) in [4.78, 5) is 4.92. The number of hydrogen-bond donors (Lipinski definition) is 2. The molecule has 3 N–H and O–H groups in total. The molecule has 72 valence electrons. The quantitative estimate of drug-likeness (QED) is 0.825. The van der Waals surface area contributed by atoms with Crippen LogP contribution >= 0.6 is 36.2 Å². The number of thiazole rings is 1.